The molecule has 1 heterocycles. The Bertz CT molecular complexity index is 548. The van der Waals surface area contributed by atoms with Crippen LogP contribution in [0.4, 0.5) is 28.2 Å². The molecule has 0 aromatic carbocycles. The summed E-state index contributed by atoms with van der Waals surface area (Å²) in [4.78, 5) is 15.0. The number of aliphatic hydroxyl groups is 1. The average molecular weight is 337 g/mol. The maximum Gasteiger partial charge on any atom is 0.422 e. The van der Waals surface area contributed by atoms with Crippen LogP contribution in [0.15, 0.2) is 30.7 Å². The van der Waals surface area contributed by atoms with Gasteiger partial charge in [0.15, 0.2) is 5.60 Å². The van der Waals surface area contributed by atoms with Crippen LogP contribution in [0.2, 0.25) is 0 Å². The van der Waals surface area contributed by atoms with Crippen LogP contribution < -0.4 is 10.6 Å². The minimum atomic E-state index is -5.03. The first-order valence-electron chi connectivity index (χ1n) is 6.43. The molecule has 0 aliphatic carbocycles. The van der Waals surface area contributed by atoms with Crippen LogP contribution in [0.1, 0.15) is 6.92 Å². The quantitative estimate of drug-likeness (QED) is 0.549. The lowest BCUT2D eigenvalue weighted by Gasteiger charge is -2.27. The van der Waals surface area contributed by atoms with Crippen LogP contribution in [-0.2, 0) is 4.74 Å². The Morgan fingerprint density at radius 2 is 2.13 bits per heavy atom. The fraction of sp³-hybridized carbons (Fsp3) is 0.385. The van der Waals surface area contributed by atoms with E-state index >= 15 is 0 Å². The number of halogens is 4. The second-order valence-electron chi connectivity index (χ2n) is 4.35. The highest BCUT2D eigenvalue weighted by molar-refractivity contribution is 5.88. The highest BCUT2D eigenvalue weighted by atomic mass is 19.4. The molecule has 0 aliphatic rings. The summed E-state index contributed by atoms with van der Waals surface area (Å²) in [7, 11) is 0. The van der Waals surface area contributed by atoms with E-state index in [9.17, 15) is 27.5 Å². The van der Waals surface area contributed by atoms with E-state index in [0.29, 0.717) is 12.3 Å². The molecule has 1 aromatic heterocycles. The summed E-state index contributed by atoms with van der Waals surface area (Å²) in [6.07, 6.45) is -3.10. The number of carbonyl (C=O) groups is 1. The molecule has 0 aliphatic heterocycles. The molecule has 128 valence electrons. The van der Waals surface area contributed by atoms with E-state index < -0.39 is 30.2 Å². The maximum absolute atomic E-state index is 12.9. The standard InChI is InChI=1S/C13H15F4N3O3/c1-2-23-6-5-12(22,13(15,16)17)8-19-11(21)20-10-4-3-9(14)7-18-10/h3-7,22H,2,8H2,1H3,(H2,18,19,20,21)/b6-5+/t12-/m1/s1. The molecule has 10 heteroatoms. The van der Waals surface area contributed by atoms with Crippen molar-refractivity contribution in [2.24, 2.45) is 0 Å². The first-order chi connectivity index (χ1) is 10.7. The zero-order chi connectivity index (χ0) is 17.5. The molecule has 0 spiro atoms. The summed E-state index contributed by atoms with van der Waals surface area (Å²) in [5.41, 5.74) is -3.30. The Labute approximate surface area is 129 Å². The molecule has 0 unspecified atom stereocenters. The van der Waals surface area contributed by atoms with Crippen molar-refractivity contribution in [2.45, 2.75) is 18.7 Å². The summed E-state index contributed by atoms with van der Waals surface area (Å²) in [5, 5.41) is 13.6. The lowest BCUT2D eigenvalue weighted by atomic mass is 10.0. The van der Waals surface area contributed by atoms with E-state index in [-0.39, 0.29) is 12.4 Å². The molecule has 0 fully saturated rings. The number of pyridine rings is 1. The average Bonchev–Trinajstić information content (AvgIpc) is 2.47. The van der Waals surface area contributed by atoms with E-state index in [1.165, 1.54) is 0 Å². The Kier molecular flexibility index (Phi) is 6.31. The summed E-state index contributed by atoms with van der Waals surface area (Å²) in [5.74, 6) is -0.701. The van der Waals surface area contributed by atoms with Gasteiger partial charge in [0.2, 0.25) is 0 Å². The van der Waals surface area contributed by atoms with Gasteiger partial charge in [-0.15, -0.1) is 0 Å². The fourth-order valence-corrected chi connectivity index (χ4v) is 1.34. The van der Waals surface area contributed by atoms with Crippen LogP contribution in [0.25, 0.3) is 0 Å². The third kappa shape index (κ3) is 5.74. The number of aromatic nitrogens is 1. The number of urea groups is 1. The Morgan fingerprint density at radius 1 is 1.43 bits per heavy atom. The molecule has 0 saturated carbocycles. The predicted molar refractivity (Wildman–Crippen MR) is 73.0 cm³/mol. The number of amides is 2. The zero-order valence-electron chi connectivity index (χ0n) is 12.0. The van der Waals surface area contributed by atoms with Gasteiger partial charge >= 0.3 is 12.2 Å². The van der Waals surface area contributed by atoms with Gasteiger partial charge in [0.25, 0.3) is 0 Å². The lowest BCUT2D eigenvalue weighted by Crippen LogP contribution is -2.52. The molecule has 3 N–H and O–H groups in total. The summed E-state index contributed by atoms with van der Waals surface area (Å²) in [6, 6.07) is 1.09. The topological polar surface area (TPSA) is 83.5 Å². The van der Waals surface area contributed by atoms with Gasteiger partial charge in [-0.1, -0.05) is 0 Å². The number of nitrogens with one attached hydrogen (secondary N) is 2. The van der Waals surface area contributed by atoms with Crippen molar-refractivity contribution in [2.75, 3.05) is 18.5 Å². The van der Waals surface area contributed by atoms with Gasteiger partial charge in [-0.3, -0.25) is 5.32 Å². The van der Waals surface area contributed by atoms with Crippen LogP contribution >= 0.6 is 0 Å². The van der Waals surface area contributed by atoms with Crippen LogP contribution in [0.3, 0.4) is 0 Å². The zero-order valence-corrected chi connectivity index (χ0v) is 12.0. The Hall–Kier alpha value is -2.36. The molecule has 1 atom stereocenters. The van der Waals surface area contributed by atoms with Crippen molar-refractivity contribution in [3.8, 4) is 0 Å². The van der Waals surface area contributed by atoms with Gasteiger partial charge in [0.1, 0.15) is 11.6 Å². The van der Waals surface area contributed by atoms with E-state index in [1.807, 2.05) is 5.32 Å². The van der Waals surface area contributed by atoms with Gasteiger partial charge in [-0.05, 0) is 25.1 Å². The molecule has 1 aromatic rings. The normalized spacial score (nSPS) is 14.3. The van der Waals surface area contributed by atoms with Gasteiger partial charge < -0.3 is 15.2 Å². The minimum Gasteiger partial charge on any atom is -0.502 e. The molecule has 6 nitrogen and oxygen atoms in total. The molecule has 0 bridgehead atoms. The van der Waals surface area contributed by atoms with E-state index in [0.717, 1.165) is 18.3 Å². The number of anilines is 1. The number of ether oxygens (including phenoxy) is 1. The van der Waals surface area contributed by atoms with Crippen molar-refractivity contribution in [1.82, 2.24) is 10.3 Å². The first-order valence-corrected chi connectivity index (χ1v) is 6.43. The number of hydrogen-bond donors (Lipinski definition) is 3. The van der Waals surface area contributed by atoms with Crippen molar-refractivity contribution < 1.29 is 32.2 Å². The second kappa shape index (κ2) is 7.77. The number of nitrogens with zero attached hydrogens (tertiary/aromatic N) is 1. The first kappa shape index (κ1) is 18.7. The van der Waals surface area contributed by atoms with E-state index in [2.05, 4.69) is 15.0 Å². The number of rotatable bonds is 6. The van der Waals surface area contributed by atoms with E-state index in [4.69, 9.17) is 0 Å². The smallest absolute Gasteiger partial charge is 0.422 e. The molecule has 0 saturated heterocycles. The van der Waals surface area contributed by atoms with Crippen molar-refractivity contribution in [3.63, 3.8) is 0 Å². The minimum absolute atomic E-state index is 0.0655. The van der Waals surface area contributed by atoms with Gasteiger partial charge in [-0.25, -0.2) is 14.2 Å². The molecule has 2 amide bonds. The van der Waals surface area contributed by atoms with Gasteiger partial charge in [0, 0.05) is 0 Å². The third-order valence-corrected chi connectivity index (χ3v) is 2.58. The molecular formula is C13H15F4N3O3. The number of alkyl halides is 3. The van der Waals surface area contributed by atoms with Crippen LogP contribution in [0, 0.1) is 5.82 Å². The largest absolute Gasteiger partial charge is 0.502 e. The second-order valence-corrected chi connectivity index (χ2v) is 4.35. The van der Waals surface area contributed by atoms with Gasteiger partial charge in [0.05, 0.1) is 25.6 Å². The molecule has 0 radical (unpaired) electrons. The summed E-state index contributed by atoms with van der Waals surface area (Å²) in [6.45, 7) is 0.528. The molecule has 1 rings (SSSR count). The van der Waals surface area contributed by atoms with Gasteiger partial charge in [-0.2, -0.15) is 13.2 Å². The SMILES string of the molecule is CCO/C=C/[C@@](O)(CNC(=O)Nc1ccc(F)cn1)C(F)(F)F. The number of carbonyl (C=O) groups excluding carboxylic acids is 1. The summed E-state index contributed by atoms with van der Waals surface area (Å²) < 4.78 is 55.9. The lowest BCUT2D eigenvalue weighted by molar-refractivity contribution is -0.237. The van der Waals surface area contributed by atoms with Crippen molar-refractivity contribution in [3.05, 3.63) is 36.5 Å². The molecular weight excluding hydrogens is 322 g/mol. The highest BCUT2D eigenvalue weighted by Gasteiger charge is 2.52. The van der Waals surface area contributed by atoms with Crippen LogP contribution in [0.5, 0.6) is 0 Å². The number of hydrogen-bond acceptors (Lipinski definition) is 4. The highest BCUT2D eigenvalue weighted by Crippen LogP contribution is 2.31. The molecule has 23 heavy (non-hydrogen) atoms. The maximum atomic E-state index is 12.9. The third-order valence-electron chi connectivity index (χ3n) is 2.58. The van der Waals surface area contributed by atoms with Crippen LogP contribution in [-0.4, -0.2) is 41.1 Å². The fourth-order valence-electron chi connectivity index (χ4n) is 1.34. The van der Waals surface area contributed by atoms with Crippen molar-refractivity contribution in [1.29, 1.82) is 0 Å². The Morgan fingerprint density at radius 3 is 2.65 bits per heavy atom. The van der Waals surface area contributed by atoms with E-state index in [1.54, 1.807) is 6.92 Å². The van der Waals surface area contributed by atoms with Crippen molar-refractivity contribution >= 4 is 11.8 Å². The Balaban J connectivity index is 2.66. The predicted octanol–water partition coefficient (Wildman–Crippen LogP) is 2.19. The monoisotopic (exact) mass is 337 g/mol. The summed E-state index contributed by atoms with van der Waals surface area (Å²) >= 11 is 0.